The molecule has 0 radical (unpaired) electrons. The molecule has 0 fully saturated rings. The number of alkyl halides is 3. The Kier molecular flexibility index (Phi) is 6.38. The van der Waals surface area contributed by atoms with Crippen LogP contribution in [0, 0.1) is 6.92 Å². The minimum absolute atomic E-state index is 0.0507. The van der Waals surface area contributed by atoms with Crippen molar-refractivity contribution in [2.24, 2.45) is 0 Å². The molecule has 2 aromatic rings. The van der Waals surface area contributed by atoms with Gasteiger partial charge in [0.05, 0.1) is 11.8 Å². The van der Waals surface area contributed by atoms with E-state index in [1.54, 1.807) is 29.3 Å². The third kappa shape index (κ3) is 6.42. The van der Waals surface area contributed by atoms with E-state index in [4.69, 9.17) is 19.4 Å². The second kappa shape index (κ2) is 8.04. The van der Waals surface area contributed by atoms with Crippen molar-refractivity contribution in [2.45, 2.75) is 26.1 Å². The van der Waals surface area contributed by atoms with Gasteiger partial charge in [0.15, 0.2) is 12.7 Å². The van der Waals surface area contributed by atoms with E-state index in [-0.39, 0.29) is 6.42 Å². The first-order valence-electron chi connectivity index (χ1n) is 6.38. The highest BCUT2D eigenvalue weighted by molar-refractivity contribution is 5.70. The summed E-state index contributed by atoms with van der Waals surface area (Å²) in [6, 6.07) is 1.79. The summed E-state index contributed by atoms with van der Waals surface area (Å²) in [6.45, 7) is 2.17. The molecule has 0 spiro atoms. The normalized spacial score (nSPS) is 10.7. The summed E-state index contributed by atoms with van der Waals surface area (Å²) >= 11 is 0. The highest BCUT2D eigenvalue weighted by Crippen LogP contribution is 2.16. The molecule has 0 atom stereocenters. The first-order chi connectivity index (χ1) is 11.1. The predicted octanol–water partition coefficient (Wildman–Crippen LogP) is 0.106. The minimum Gasteiger partial charge on any atom is -0.542 e. The average Bonchev–Trinajstić information content (AvgIpc) is 2.92. The summed E-state index contributed by atoms with van der Waals surface area (Å²) in [6.07, 6.45) is -0.194. The Balaban J connectivity index is 0.000000351. The van der Waals surface area contributed by atoms with Gasteiger partial charge in [-0.1, -0.05) is 4.68 Å². The van der Waals surface area contributed by atoms with Crippen LogP contribution in [0.25, 0.3) is 11.5 Å². The summed E-state index contributed by atoms with van der Waals surface area (Å²) in [7, 11) is 0. The lowest BCUT2D eigenvalue weighted by Crippen LogP contribution is -2.38. The molecule has 2 heterocycles. The van der Waals surface area contributed by atoms with Crippen LogP contribution < -0.4 is 9.79 Å². The van der Waals surface area contributed by atoms with Gasteiger partial charge < -0.3 is 19.4 Å². The number of oxazole rings is 1. The fourth-order valence-electron chi connectivity index (χ4n) is 1.34. The maximum Gasteiger partial charge on any atom is 0.430 e. The molecule has 130 valence electrons. The highest BCUT2D eigenvalue weighted by atomic mass is 19.4. The van der Waals surface area contributed by atoms with E-state index < -0.39 is 18.1 Å². The molecule has 8 nitrogen and oxygen atoms in total. The van der Waals surface area contributed by atoms with E-state index in [1.807, 2.05) is 6.92 Å². The Morgan fingerprint density at radius 3 is 2.38 bits per heavy atom. The number of halogens is 3. The van der Waals surface area contributed by atoms with Crippen molar-refractivity contribution < 1.29 is 42.1 Å². The number of rotatable bonds is 4. The Bertz CT molecular complexity index is 698. The summed E-state index contributed by atoms with van der Waals surface area (Å²) in [4.78, 5) is 23.3. The van der Waals surface area contributed by atoms with Gasteiger partial charge in [0.1, 0.15) is 24.3 Å². The van der Waals surface area contributed by atoms with Gasteiger partial charge in [0.25, 0.3) is 0 Å². The fourth-order valence-corrected chi connectivity index (χ4v) is 1.34. The van der Waals surface area contributed by atoms with Crippen LogP contribution in [-0.2, 0) is 16.1 Å². The summed E-state index contributed by atoms with van der Waals surface area (Å²) in [5, 5.41) is 21.4. The molecular weight excluding hydrogens is 335 g/mol. The minimum atomic E-state index is -5.19. The highest BCUT2D eigenvalue weighted by Gasteiger charge is 2.28. The molecule has 11 heteroatoms. The molecule has 0 aromatic carbocycles. The molecule has 0 unspecified atom stereocenters. The van der Waals surface area contributed by atoms with Crippen molar-refractivity contribution in [3.63, 3.8) is 0 Å². The van der Waals surface area contributed by atoms with Crippen molar-refractivity contribution in [1.82, 2.24) is 10.1 Å². The molecule has 0 amide bonds. The van der Waals surface area contributed by atoms with Gasteiger partial charge in [-0.2, -0.15) is 13.2 Å². The zero-order valence-corrected chi connectivity index (χ0v) is 12.3. The molecule has 0 aliphatic heterocycles. The first-order valence-corrected chi connectivity index (χ1v) is 6.38. The number of aromatic nitrogens is 3. The molecular formula is C13H12F3N3O5. The number of hydrogen-bond acceptors (Lipinski definition) is 6. The van der Waals surface area contributed by atoms with Gasteiger partial charge in [-0.3, -0.25) is 4.79 Å². The second-order valence-corrected chi connectivity index (χ2v) is 4.38. The van der Waals surface area contributed by atoms with E-state index in [0.29, 0.717) is 12.4 Å². The van der Waals surface area contributed by atoms with Gasteiger partial charge in [-0.15, -0.1) is 0 Å². The molecule has 0 aliphatic rings. The quantitative estimate of drug-likeness (QED) is 0.779. The van der Waals surface area contributed by atoms with Crippen LogP contribution in [-0.4, -0.2) is 33.3 Å². The zero-order valence-electron chi connectivity index (χ0n) is 12.3. The zero-order chi connectivity index (χ0) is 18.3. The lowest BCUT2D eigenvalue weighted by Gasteiger charge is -2.03. The van der Waals surface area contributed by atoms with Crippen molar-refractivity contribution in [1.29, 1.82) is 0 Å². The van der Waals surface area contributed by atoms with Crippen molar-refractivity contribution >= 4 is 11.9 Å². The lowest BCUT2D eigenvalue weighted by atomic mass is 10.3. The topological polar surface area (TPSA) is 120 Å². The second-order valence-electron chi connectivity index (χ2n) is 4.38. The fraction of sp³-hybridized carbons (Fsp3) is 0.308. The molecule has 2 rings (SSSR count). The van der Waals surface area contributed by atoms with Gasteiger partial charge >= 0.3 is 12.1 Å². The third-order valence-corrected chi connectivity index (χ3v) is 2.43. The molecule has 0 aliphatic carbocycles. The van der Waals surface area contributed by atoms with Gasteiger partial charge in [-0.25, -0.2) is 4.98 Å². The van der Waals surface area contributed by atoms with Crippen LogP contribution in [0.5, 0.6) is 0 Å². The van der Waals surface area contributed by atoms with Crippen molar-refractivity contribution in [3.05, 3.63) is 30.4 Å². The van der Waals surface area contributed by atoms with E-state index in [1.165, 1.54) is 0 Å². The molecule has 0 bridgehead atoms. The van der Waals surface area contributed by atoms with Gasteiger partial charge in [0, 0.05) is 6.07 Å². The summed E-state index contributed by atoms with van der Waals surface area (Å²) in [5.74, 6) is -2.60. The van der Waals surface area contributed by atoms with Crippen molar-refractivity contribution in [2.75, 3.05) is 0 Å². The van der Waals surface area contributed by atoms with Crippen LogP contribution in [0.1, 0.15) is 12.2 Å². The number of hydrogen-bond donors (Lipinski definition) is 1. The maximum absolute atomic E-state index is 10.5. The number of carbonyl (C=O) groups is 2. The third-order valence-electron chi connectivity index (χ3n) is 2.43. The number of nitrogens with zero attached hydrogens (tertiary/aromatic N) is 3. The van der Waals surface area contributed by atoms with Crippen LogP contribution in [0.15, 0.2) is 29.1 Å². The SMILES string of the molecule is Cc1cnc(-c2cc[n+](CCC(=O)O)nc2)o1.O=C([O-])C(F)(F)F. The number of carboxylic acids is 2. The maximum atomic E-state index is 10.5. The number of carboxylic acid groups (broad SMARTS) is 2. The number of carbonyl (C=O) groups excluding carboxylic acids is 1. The van der Waals surface area contributed by atoms with Crippen LogP contribution in [0.3, 0.4) is 0 Å². The molecule has 0 saturated heterocycles. The first kappa shape index (κ1) is 19.1. The lowest BCUT2D eigenvalue weighted by molar-refractivity contribution is -0.752. The van der Waals surface area contributed by atoms with Crippen LogP contribution >= 0.6 is 0 Å². The van der Waals surface area contributed by atoms with Crippen LogP contribution in [0.2, 0.25) is 0 Å². The van der Waals surface area contributed by atoms with Crippen LogP contribution in [0.4, 0.5) is 13.2 Å². The summed E-state index contributed by atoms with van der Waals surface area (Å²) in [5.41, 5.74) is 0.768. The summed E-state index contributed by atoms with van der Waals surface area (Å²) < 4.78 is 38.5. The van der Waals surface area contributed by atoms with Gasteiger partial charge in [0.2, 0.25) is 5.89 Å². The average molecular weight is 347 g/mol. The van der Waals surface area contributed by atoms with E-state index >= 15 is 0 Å². The molecule has 0 saturated carbocycles. The standard InChI is InChI=1S/C11H11N3O3.C2HF3O2/c1-8-6-12-11(17-8)9-2-4-14(13-7-9)5-3-10(15)16;3-2(4,5)1(6)7/h2,4,6-7H,3,5H2,1H3;(H,6,7). The van der Waals surface area contributed by atoms with Gasteiger partial charge in [-0.05, 0) is 12.0 Å². The molecule has 1 N–H and O–H groups in total. The van der Waals surface area contributed by atoms with E-state index in [9.17, 15) is 18.0 Å². The van der Waals surface area contributed by atoms with E-state index in [2.05, 4.69) is 10.1 Å². The predicted molar refractivity (Wildman–Crippen MR) is 68.0 cm³/mol. The Morgan fingerprint density at radius 2 is 2.00 bits per heavy atom. The number of aliphatic carboxylic acids is 2. The Morgan fingerprint density at radius 1 is 1.38 bits per heavy atom. The Labute approximate surface area is 133 Å². The molecule has 2 aromatic heterocycles. The number of aryl methyl sites for hydroxylation is 2. The van der Waals surface area contributed by atoms with E-state index in [0.717, 1.165) is 11.3 Å². The smallest absolute Gasteiger partial charge is 0.430 e. The monoisotopic (exact) mass is 347 g/mol. The molecule has 24 heavy (non-hydrogen) atoms. The Hall–Kier alpha value is -2.98. The largest absolute Gasteiger partial charge is 0.542 e. The van der Waals surface area contributed by atoms with Crippen molar-refractivity contribution in [3.8, 4) is 11.5 Å².